The van der Waals surface area contributed by atoms with Gasteiger partial charge in [-0.2, -0.15) is 0 Å². The number of hydrogen-bond donors (Lipinski definition) is 2. The van der Waals surface area contributed by atoms with Gasteiger partial charge in [0.2, 0.25) is 0 Å². The number of carboxylic acids is 1. The second kappa shape index (κ2) is 5.19. The Balaban J connectivity index is 2.48. The highest BCUT2D eigenvalue weighted by atomic mass is 16.4. The number of benzene rings is 2. The molecule has 0 spiro atoms. The molecule has 0 aromatic heterocycles. The molecule has 0 bridgehead atoms. The molecular formula is C15H13NO2. The first-order valence-corrected chi connectivity index (χ1v) is 5.53. The number of anilines is 2. The fraction of sp³-hybridized carbons (Fsp3) is 0. The average Bonchev–Trinajstić information content (AvgIpc) is 2.40. The molecule has 90 valence electrons. The van der Waals surface area contributed by atoms with Crippen molar-refractivity contribution in [1.82, 2.24) is 0 Å². The van der Waals surface area contributed by atoms with E-state index in [0.29, 0.717) is 5.69 Å². The van der Waals surface area contributed by atoms with Crippen LogP contribution in [0.4, 0.5) is 11.4 Å². The van der Waals surface area contributed by atoms with Gasteiger partial charge in [-0.3, -0.25) is 0 Å². The molecule has 0 saturated carbocycles. The minimum Gasteiger partial charge on any atom is -0.478 e. The average molecular weight is 239 g/mol. The molecule has 2 N–H and O–H groups in total. The van der Waals surface area contributed by atoms with Crippen molar-refractivity contribution in [2.24, 2.45) is 0 Å². The maximum atomic E-state index is 11.2. The van der Waals surface area contributed by atoms with Crippen LogP contribution in [0.15, 0.2) is 55.1 Å². The summed E-state index contributed by atoms with van der Waals surface area (Å²) in [7, 11) is 0. The molecule has 0 unspecified atom stereocenters. The predicted octanol–water partition coefficient (Wildman–Crippen LogP) is 3.77. The van der Waals surface area contributed by atoms with Crippen molar-refractivity contribution >= 4 is 23.4 Å². The van der Waals surface area contributed by atoms with Gasteiger partial charge in [-0.1, -0.05) is 43.0 Å². The minimum absolute atomic E-state index is 0.233. The molecule has 2 aromatic carbocycles. The minimum atomic E-state index is -0.961. The van der Waals surface area contributed by atoms with Crippen LogP contribution in [0.5, 0.6) is 0 Å². The van der Waals surface area contributed by atoms with Crippen LogP contribution in [-0.4, -0.2) is 11.1 Å². The van der Waals surface area contributed by atoms with Crippen molar-refractivity contribution in [3.05, 3.63) is 66.2 Å². The lowest BCUT2D eigenvalue weighted by atomic mass is 10.1. The van der Waals surface area contributed by atoms with Gasteiger partial charge in [0.15, 0.2) is 0 Å². The molecule has 3 heteroatoms. The summed E-state index contributed by atoms with van der Waals surface area (Å²) < 4.78 is 0. The molecule has 2 aromatic rings. The van der Waals surface area contributed by atoms with Gasteiger partial charge in [-0.15, -0.1) is 0 Å². The van der Waals surface area contributed by atoms with E-state index >= 15 is 0 Å². The molecule has 18 heavy (non-hydrogen) atoms. The molecule has 0 radical (unpaired) electrons. The summed E-state index contributed by atoms with van der Waals surface area (Å²) in [6, 6.07) is 14.5. The van der Waals surface area contributed by atoms with Crippen LogP contribution >= 0.6 is 0 Å². The van der Waals surface area contributed by atoms with Crippen LogP contribution in [0.25, 0.3) is 6.08 Å². The normalized spacial score (nSPS) is 9.78. The number of nitrogens with one attached hydrogen (secondary N) is 1. The predicted molar refractivity (Wildman–Crippen MR) is 73.2 cm³/mol. The van der Waals surface area contributed by atoms with Gasteiger partial charge in [0.05, 0.1) is 11.3 Å². The Kier molecular flexibility index (Phi) is 3.44. The molecule has 3 nitrogen and oxygen atoms in total. The van der Waals surface area contributed by atoms with Crippen LogP contribution in [0.1, 0.15) is 15.9 Å². The monoisotopic (exact) mass is 239 g/mol. The summed E-state index contributed by atoms with van der Waals surface area (Å²) in [6.07, 6.45) is 1.64. The summed E-state index contributed by atoms with van der Waals surface area (Å²) in [5.74, 6) is -0.961. The van der Waals surface area contributed by atoms with Gasteiger partial charge in [0.1, 0.15) is 0 Å². The lowest BCUT2D eigenvalue weighted by Crippen LogP contribution is -2.04. The molecule has 0 amide bonds. The topological polar surface area (TPSA) is 49.3 Å². The first kappa shape index (κ1) is 11.9. The van der Waals surface area contributed by atoms with E-state index in [9.17, 15) is 9.90 Å². The Morgan fingerprint density at radius 2 is 1.83 bits per heavy atom. The number of carbonyl (C=O) groups is 1. The summed E-state index contributed by atoms with van der Waals surface area (Å²) >= 11 is 0. The summed E-state index contributed by atoms with van der Waals surface area (Å²) in [6.45, 7) is 3.70. The Morgan fingerprint density at radius 1 is 1.11 bits per heavy atom. The molecule has 0 aliphatic carbocycles. The van der Waals surface area contributed by atoms with Gasteiger partial charge >= 0.3 is 5.97 Å². The van der Waals surface area contributed by atoms with Crippen molar-refractivity contribution in [3.8, 4) is 0 Å². The first-order valence-electron chi connectivity index (χ1n) is 5.53. The van der Waals surface area contributed by atoms with E-state index in [2.05, 4.69) is 11.9 Å². The van der Waals surface area contributed by atoms with Gasteiger partial charge < -0.3 is 10.4 Å². The number of hydrogen-bond acceptors (Lipinski definition) is 2. The zero-order valence-corrected chi connectivity index (χ0v) is 9.76. The maximum absolute atomic E-state index is 11.2. The van der Waals surface area contributed by atoms with E-state index in [0.717, 1.165) is 11.3 Å². The molecule has 0 aliphatic heterocycles. The standard InChI is InChI=1S/C15H13NO2/c1-2-11-7-6-10-13(15(17)18)14(11)16-12-8-4-3-5-9-12/h2-10,16H,1H2,(H,17,18). The van der Waals surface area contributed by atoms with E-state index in [4.69, 9.17) is 0 Å². The van der Waals surface area contributed by atoms with Crippen LogP contribution in [0, 0.1) is 0 Å². The van der Waals surface area contributed by atoms with Crippen molar-refractivity contribution in [2.75, 3.05) is 5.32 Å². The van der Waals surface area contributed by atoms with E-state index in [1.165, 1.54) is 0 Å². The van der Waals surface area contributed by atoms with E-state index < -0.39 is 5.97 Å². The van der Waals surface area contributed by atoms with Gasteiger partial charge in [0.25, 0.3) is 0 Å². The van der Waals surface area contributed by atoms with E-state index in [-0.39, 0.29) is 5.56 Å². The third-order valence-electron chi connectivity index (χ3n) is 2.59. The quantitative estimate of drug-likeness (QED) is 0.853. The number of para-hydroxylation sites is 2. The zero-order valence-electron chi connectivity index (χ0n) is 9.76. The highest BCUT2D eigenvalue weighted by molar-refractivity contribution is 5.97. The maximum Gasteiger partial charge on any atom is 0.337 e. The van der Waals surface area contributed by atoms with Crippen LogP contribution in [0.3, 0.4) is 0 Å². The number of rotatable bonds is 4. The Morgan fingerprint density at radius 3 is 2.44 bits per heavy atom. The van der Waals surface area contributed by atoms with Gasteiger partial charge in [-0.05, 0) is 23.8 Å². The van der Waals surface area contributed by atoms with Gasteiger partial charge in [-0.25, -0.2) is 4.79 Å². The van der Waals surface area contributed by atoms with Crippen LogP contribution < -0.4 is 5.32 Å². The molecule has 0 fully saturated rings. The largest absolute Gasteiger partial charge is 0.478 e. The Labute approximate surface area is 105 Å². The van der Waals surface area contributed by atoms with Gasteiger partial charge in [0, 0.05) is 5.69 Å². The second-order valence-corrected chi connectivity index (χ2v) is 3.77. The molecule has 2 rings (SSSR count). The highest BCUT2D eigenvalue weighted by Gasteiger charge is 2.12. The van der Waals surface area contributed by atoms with Crippen LogP contribution in [0.2, 0.25) is 0 Å². The Hall–Kier alpha value is -2.55. The van der Waals surface area contributed by atoms with Crippen molar-refractivity contribution in [1.29, 1.82) is 0 Å². The molecule has 0 saturated heterocycles. The molecular weight excluding hydrogens is 226 g/mol. The van der Waals surface area contributed by atoms with E-state index in [1.807, 2.05) is 36.4 Å². The number of aromatic carboxylic acids is 1. The Bertz CT molecular complexity index is 576. The molecule has 0 aliphatic rings. The number of carboxylic acid groups (broad SMARTS) is 1. The van der Waals surface area contributed by atoms with E-state index in [1.54, 1.807) is 18.2 Å². The lowest BCUT2D eigenvalue weighted by molar-refractivity contribution is 0.0698. The van der Waals surface area contributed by atoms with Crippen molar-refractivity contribution in [2.45, 2.75) is 0 Å². The first-order chi connectivity index (χ1) is 8.72. The molecule has 0 heterocycles. The fourth-order valence-electron chi connectivity index (χ4n) is 1.72. The summed E-state index contributed by atoms with van der Waals surface area (Å²) in [5, 5.41) is 12.3. The molecule has 0 atom stereocenters. The smallest absolute Gasteiger partial charge is 0.337 e. The lowest BCUT2D eigenvalue weighted by Gasteiger charge is -2.12. The fourth-order valence-corrected chi connectivity index (χ4v) is 1.72. The van der Waals surface area contributed by atoms with Crippen molar-refractivity contribution < 1.29 is 9.90 Å². The third kappa shape index (κ3) is 2.40. The summed E-state index contributed by atoms with van der Waals surface area (Å²) in [5.41, 5.74) is 2.40. The van der Waals surface area contributed by atoms with Crippen molar-refractivity contribution in [3.63, 3.8) is 0 Å². The zero-order chi connectivity index (χ0) is 13.0. The summed E-state index contributed by atoms with van der Waals surface area (Å²) in [4.78, 5) is 11.2. The SMILES string of the molecule is C=Cc1cccc(C(=O)O)c1Nc1ccccc1. The third-order valence-corrected chi connectivity index (χ3v) is 2.59. The van der Waals surface area contributed by atoms with Crippen LogP contribution in [-0.2, 0) is 0 Å². The highest BCUT2D eigenvalue weighted by Crippen LogP contribution is 2.26. The second-order valence-electron chi connectivity index (χ2n) is 3.77.